The Kier molecular flexibility index (Phi) is 3.97. The van der Waals surface area contributed by atoms with Crippen LogP contribution >= 0.6 is 0 Å². The number of nitrogens with zero attached hydrogens (tertiary/aromatic N) is 2. The van der Waals surface area contributed by atoms with Crippen molar-refractivity contribution in [2.24, 2.45) is 0 Å². The summed E-state index contributed by atoms with van der Waals surface area (Å²) in [6, 6.07) is 5.22. The van der Waals surface area contributed by atoms with Crippen LogP contribution in [-0.4, -0.2) is 15.9 Å². The minimum absolute atomic E-state index is 0.225. The van der Waals surface area contributed by atoms with Gasteiger partial charge in [0.1, 0.15) is 0 Å². The molecule has 0 bridgehead atoms. The second-order valence-electron chi connectivity index (χ2n) is 3.92. The minimum Gasteiger partial charge on any atom is -0.346 e. The van der Waals surface area contributed by atoms with Gasteiger partial charge in [-0.1, -0.05) is 0 Å². The van der Waals surface area contributed by atoms with Crippen LogP contribution in [0.1, 0.15) is 21.6 Å². The molecule has 1 amide bonds. The maximum Gasteiger partial charge on any atom is 0.418 e. The van der Waals surface area contributed by atoms with E-state index in [2.05, 4.69) is 15.3 Å². The Hall–Kier alpha value is -2.44. The van der Waals surface area contributed by atoms with Gasteiger partial charge in [0.15, 0.2) is 0 Å². The third-order valence-corrected chi connectivity index (χ3v) is 2.54. The number of carbonyl (C=O) groups excluding carboxylic acids is 1. The van der Waals surface area contributed by atoms with Crippen molar-refractivity contribution in [3.63, 3.8) is 0 Å². The number of nitrogens with one attached hydrogen (secondary N) is 1. The number of halogens is 3. The highest BCUT2D eigenvalue weighted by Gasteiger charge is 2.33. The first-order chi connectivity index (χ1) is 9.48. The lowest BCUT2D eigenvalue weighted by molar-refractivity contribution is -0.138. The molecule has 2 aromatic rings. The van der Waals surface area contributed by atoms with Gasteiger partial charge in [0.05, 0.1) is 23.4 Å². The zero-order valence-electron chi connectivity index (χ0n) is 10.2. The molecule has 0 aliphatic heterocycles. The summed E-state index contributed by atoms with van der Waals surface area (Å²) >= 11 is 0. The molecule has 2 rings (SSSR count). The molecule has 1 N–H and O–H groups in total. The maximum absolute atomic E-state index is 12.7. The molecule has 2 heterocycles. The second kappa shape index (κ2) is 5.68. The molecule has 0 unspecified atom stereocenters. The number of alkyl halides is 3. The van der Waals surface area contributed by atoms with E-state index in [0.717, 1.165) is 6.07 Å². The van der Waals surface area contributed by atoms with Crippen molar-refractivity contribution in [2.45, 2.75) is 12.7 Å². The van der Waals surface area contributed by atoms with E-state index in [0.29, 0.717) is 0 Å². The van der Waals surface area contributed by atoms with E-state index in [4.69, 9.17) is 0 Å². The molecule has 20 heavy (non-hydrogen) atoms. The number of rotatable bonds is 3. The van der Waals surface area contributed by atoms with Gasteiger partial charge in [-0.05, 0) is 24.3 Å². The van der Waals surface area contributed by atoms with E-state index in [-0.39, 0.29) is 17.8 Å². The summed E-state index contributed by atoms with van der Waals surface area (Å²) in [5, 5.41) is 2.39. The van der Waals surface area contributed by atoms with E-state index in [9.17, 15) is 18.0 Å². The van der Waals surface area contributed by atoms with Crippen LogP contribution in [0.2, 0.25) is 0 Å². The molecule has 0 saturated carbocycles. The van der Waals surface area contributed by atoms with Crippen molar-refractivity contribution in [1.29, 1.82) is 0 Å². The van der Waals surface area contributed by atoms with Crippen molar-refractivity contribution in [1.82, 2.24) is 15.3 Å². The average molecular weight is 281 g/mol. The fourth-order valence-corrected chi connectivity index (χ4v) is 1.60. The number of hydrogen-bond donors (Lipinski definition) is 1. The molecule has 0 saturated heterocycles. The predicted molar refractivity (Wildman–Crippen MR) is 64.6 cm³/mol. The Morgan fingerprint density at radius 3 is 2.60 bits per heavy atom. The lowest BCUT2D eigenvalue weighted by Gasteiger charge is -2.12. The van der Waals surface area contributed by atoms with Gasteiger partial charge in [-0.2, -0.15) is 13.2 Å². The van der Waals surface area contributed by atoms with Gasteiger partial charge in [-0.15, -0.1) is 0 Å². The van der Waals surface area contributed by atoms with Crippen LogP contribution in [0.3, 0.4) is 0 Å². The standard InChI is InChI=1S/C13H10F3N3O/c14-13(15,16)10-4-2-6-18-11(10)8-19-12(20)9-3-1-5-17-7-9/h1-7H,8H2,(H,19,20). The summed E-state index contributed by atoms with van der Waals surface area (Å²) in [4.78, 5) is 19.1. The van der Waals surface area contributed by atoms with E-state index in [1.165, 1.54) is 30.7 Å². The molecular weight excluding hydrogens is 271 g/mol. The molecule has 4 nitrogen and oxygen atoms in total. The highest BCUT2D eigenvalue weighted by molar-refractivity contribution is 5.93. The smallest absolute Gasteiger partial charge is 0.346 e. The molecule has 0 aliphatic carbocycles. The lowest BCUT2D eigenvalue weighted by atomic mass is 10.2. The first-order valence-corrected chi connectivity index (χ1v) is 5.68. The highest BCUT2D eigenvalue weighted by Crippen LogP contribution is 2.30. The Morgan fingerprint density at radius 1 is 1.20 bits per heavy atom. The van der Waals surface area contributed by atoms with Gasteiger partial charge in [-0.3, -0.25) is 14.8 Å². The number of amides is 1. The molecular formula is C13H10F3N3O. The molecule has 7 heteroatoms. The normalized spacial score (nSPS) is 11.2. The first-order valence-electron chi connectivity index (χ1n) is 5.68. The quantitative estimate of drug-likeness (QED) is 0.940. The monoisotopic (exact) mass is 281 g/mol. The van der Waals surface area contributed by atoms with E-state index >= 15 is 0 Å². The Morgan fingerprint density at radius 2 is 1.95 bits per heavy atom. The van der Waals surface area contributed by atoms with Crippen LogP contribution in [0.25, 0.3) is 0 Å². The fourth-order valence-electron chi connectivity index (χ4n) is 1.60. The van der Waals surface area contributed by atoms with Gasteiger partial charge < -0.3 is 5.32 Å². The molecule has 0 spiro atoms. The van der Waals surface area contributed by atoms with Crippen molar-refractivity contribution in [3.8, 4) is 0 Å². The van der Waals surface area contributed by atoms with Crippen molar-refractivity contribution in [3.05, 3.63) is 59.7 Å². The number of hydrogen-bond acceptors (Lipinski definition) is 3. The van der Waals surface area contributed by atoms with Gasteiger partial charge in [0.25, 0.3) is 5.91 Å². The molecule has 0 fully saturated rings. The van der Waals surface area contributed by atoms with Crippen LogP contribution in [0.15, 0.2) is 42.9 Å². The van der Waals surface area contributed by atoms with Crippen molar-refractivity contribution >= 4 is 5.91 Å². The van der Waals surface area contributed by atoms with Crippen molar-refractivity contribution < 1.29 is 18.0 Å². The van der Waals surface area contributed by atoms with Crippen LogP contribution in [0.5, 0.6) is 0 Å². The van der Waals surface area contributed by atoms with E-state index in [1.54, 1.807) is 6.07 Å². The zero-order valence-corrected chi connectivity index (χ0v) is 10.2. The number of carbonyl (C=O) groups is 1. The summed E-state index contributed by atoms with van der Waals surface area (Å²) < 4.78 is 38.2. The van der Waals surface area contributed by atoms with Crippen LogP contribution < -0.4 is 5.32 Å². The van der Waals surface area contributed by atoms with Crippen LogP contribution in [-0.2, 0) is 12.7 Å². The molecule has 2 aromatic heterocycles. The summed E-state index contributed by atoms with van der Waals surface area (Å²) in [6.45, 7) is -0.302. The number of aromatic nitrogens is 2. The molecule has 0 radical (unpaired) electrons. The zero-order chi connectivity index (χ0) is 14.6. The summed E-state index contributed by atoms with van der Waals surface area (Å²) in [5.74, 6) is -0.503. The van der Waals surface area contributed by atoms with Gasteiger partial charge in [0.2, 0.25) is 0 Å². The molecule has 104 valence electrons. The maximum atomic E-state index is 12.7. The summed E-state index contributed by atoms with van der Waals surface area (Å²) in [7, 11) is 0. The number of pyridine rings is 2. The summed E-state index contributed by atoms with van der Waals surface area (Å²) in [6.07, 6.45) is -0.418. The van der Waals surface area contributed by atoms with Crippen molar-refractivity contribution in [2.75, 3.05) is 0 Å². The third-order valence-electron chi connectivity index (χ3n) is 2.54. The minimum atomic E-state index is -4.50. The SMILES string of the molecule is O=C(NCc1ncccc1C(F)(F)F)c1cccnc1. The average Bonchev–Trinajstić information content (AvgIpc) is 2.45. The van der Waals surface area contributed by atoms with E-state index in [1.807, 2.05) is 0 Å². The topological polar surface area (TPSA) is 54.9 Å². The van der Waals surface area contributed by atoms with Gasteiger partial charge in [0, 0.05) is 18.6 Å². The van der Waals surface area contributed by atoms with E-state index < -0.39 is 17.6 Å². The molecule has 0 aromatic carbocycles. The summed E-state index contributed by atoms with van der Waals surface area (Å²) in [5.41, 5.74) is -0.805. The van der Waals surface area contributed by atoms with Crippen LogP contribution in [0.4, 0.5) is 13.2 Å². The Labute approximate surface area is 112 Å². The fraction of sp³-hybridized carbons (Fsp3) is 0.154. The van der Waals surface area contributed by atoms with Gasteiger partial charge >= 0.3 is 6.18 Å². The molecule has 0 atom stereocenters. The highest BCUT2D eigenvalue weighted by atomic mass is 19.4. The lowest BCUT2D eigenvalue weighted by Crippen LogP contribution is -2.25. The Balaban J connectivity index is 2.11. The molecule has 0 aliphatic rings. The van der Waals surface area contributed by atoms with Crippen LogP contribution in [0, 0.1) is 0 Å². The first kappa shape index (κ1) is 14.0. The third kappa shape index (κ3) is 3.31. The second-order valence-corrected chi connectivity index (χ2v) is 3.92. The predicted octanol–water partition coefficient (Wildman–Crippen LogP) is 2.43. The van der Waals surface area contributed by atoms with Gasteiger partial charge in [-0.25, -0.2) is 0 Å². The largest absolute Gasteiger partial charge is 0.418 e. The Bertz CT molecular complexity index is 599.